The van der Waals surface area contributed by atoms with Crippen LogP contribution in [-0.2, 0) is 21.7 Å². The number of hydrogen-bond donors (Lipinski definition) is 2. The summed E-state index contributed by atoms with van der Waals surface area (Å²) in [6.07, 6.45) is 2.13. The molecule has 0 bridgehead atoms. The van der Waals surface area contributed by atoms with Gasteiger partial charge in [0.2, 0.25) is 0 Å². The molecule has 2 N–H and O–H groups in total. The summed E-state index contributed by atoms with van der Waals surface area (Å²) in [5, 5.41) is 21.6. The number of fused-ring (bicyclic) bond motifs is 2. The summed E-state index contributed by atoms with van der Waals surface area (Å²) < 4.78 is 0. The van der Waals surface area contributed by atoms with Crippen LogP contribution in [0.1, 0.15) is 90.5 Å². The van der Waals surface area contributed by atoms with Gasteiger partial charge in [0.25, 0.3) is 0 Å². The van der Waals surface area contributed by atoms with E-state index in [1.54, 1.807) is 0 Å². The van der Waals surface area contributed by atoms with E-state index in [9.17, 15) is 10.2 Å². The molecule has 2 aliphatic carbocycles. The smallest absolute Gasteiger partial charge is 0.129 e. The average Bonchev–Trinajstić information content (AvgIpc) is 2.83. The topological polar surface area (TPSA) is 40.5 Å². The van der Waals surface area contributed by atoms with E-state index in [0.717, 1.165) is 22.6 Å². The minimum atomic E-state index is 0.0603. The highest BCUT2D eigenvalue weighted by Gasteiger charge is 2.44. The Bertz CT molecular complexity index is 930. The van der Waals surface area contributed by atoms with Crippen LogP contribution in [0.4, 0.5) is 0 Å². The molecule has 0 amide bonds. The Balaban J connectivity index is 1.79. The van der Waals surface area contributed by atoms with Crippen LogP contribution in [0.2, 0.25) is 0 Å². The molecule has 2 nitrogen and oxygen atoms in total. The summed E-state index contributed by atoms with van der Waals surface area (Å²) in [4.78, 5) is 1.64. The maximum absolute atomic E-state index is 10.8. The van der Waals surface area contributed by atoms with Gasteiger partial charge in [-0.05, 0) is 81.0 Å². The van der Waals surface area contributed by atoms with Gasteiger partial charge >= 0.3 is 0 Å². The van der Waals surface area contributed by atoms with Crippen molar-refractivity contribution >= 4 is 11.8 Å². The highest BCUT2D eigenvalue weighted by Crippen LogP contribution is 2.55. The van der Waals surface area contributed by atoms with E-state index in [1.807, 2.05) is 12.1 Å². The predicted octanol–water partition coefficient (Wildman–Crippen LogP) is 7.17. The number of phenols is 2. The Kier molecular flexibility index (Phi) is 4.25. The first-order valence-electron chi connectivity index (χ1n) is 10.6. The zero-order valence-corrected chi connectivity index (χ0v) is 19.8. The Hall–Kier alpha value is -1.61. The molecular formula is C26H34O2S. The van der Waals surface area contributed by atoms with Crippen LogP contribution in [0, 0.1) is 0 Å². The zero-order chi connectivity index (χ0) is 21.6. The summed E-state index contributed by atoms with van der Waals surface area (Å²) in [6, 6.07) is 8.19. The van der Waals surface area contributed by atoms with Crippen molar-refractivity contribution in [3.05, 3.63) is 46.5 Å². The molecule has 0 radical (unpaired) electrons. The molecular weight excluding hydrogens is 376 g/mol. The van der Waals surface area contributed by atoms with Crippen LogP contribution in [0.15, 0.2) is 34.1 Å². The van der Waals surface area contributed by atoms with Gasteiger partial charge in [-0.1, -0.05) is 67.2 Å². The fraction of sp³-hybridized carbons (Fsp3) is 0.538. The minimum absolute atomic E-state index is 0.0603. The lowest BCUT2D eigenvalue weighted by atomic mass is 9.82. The van der Waals surface area contributed by atoms with Crippen LogP contribution >= 0.6 is 11.8 Å². The molecule has 4 rings (SSSR count). The first kappa shape index (κ1) is 20.7. The summed E-state index contributed by atoms with van der Waals surface area (Å²) in [5.41, 5.74) is 5.38. The normalized spacial score (nSPS) is 22.3. The Morgan fingerprint density at radius 2 is 0.828 bits per heavy atom. The molecule has 2 aromatic carbocycles. The SMILES string of the molecule is CC1(C)CC(C)(C)c2cc(Sc3cc4c(cc3O)C(C)(C)CC4(C)C)c(O)cc21. The Morgan fingerprint density at radius 3 is 1.14 bits per heavy atom. The molecule has 0 spiro atoms. The van der Waals surface area contributed by atoms with Gasteiger partial charge in [0.05, 0.1) is 9.79 Å². The van der Waals surface area contributed by atoms with Gasteiger partial charge in [-0.15, -0.1) is 0 Å². The van der Waals surface area contributed by atoms with Crippen LogP contribution < -0.4 is 0 Å². The van der Waals surface area contributed by atoms with Crippen molar-refractivity contribution in [1.29, 1.82) is 0 Å². The maximum atomic E-state index is 10.8. The molecule has 156 valence electrons. The van der Waals surface area contributed by atoms with Crippen molar-refractivity contribution in [2.45, 2.75) is 99.7 Å². The summed E-state index contributed by atoms with van der Waals surface area (Å²) in [5.74, 6) is 0.609. The van der Waals surface area contributed by atoms with Gasteiger partial charge < -0.3 is 10.2 Å². The third-order valence-corrected chi connectivity index (χ3v) is 8.20. The predicted molar refractivity (Wildman–Crippen MR) is 122 cm³/mol. The molecule has 2 aliphatic rings. The fourth-order valence-electron chi connectivity index (χ4n) is 6.25. The summed E-state index contributed by atoms with van der Waals surface area (Å²) >= 11 is 1.47. The second-order valence-electron chi connectivity index (χ2n) is 11.7. The molecule has 0 fully saturated rings. The lowest BCUT2D eigenvalue weighted by molar-refractivity contribution is 0.402. The van der Waals surface area contributed by atoms with Crippen molar-refractivity contribution < 1.29 is 10.2 Å². The quantitative estimate of drug-likeness (QED) is 0.551. The third kappa shape index (κ3) is 3.17. The first-order chi connectivity index (χ1) is 13.1. The first-order valence-corrected chi connectivity index (χ1v) is 11.4. The molecule has 0 atom stereocenters. The molecule has 0 saturated carbocycles. The largest absolute Gasteiger partial charge is 0.507 e. The Morgan fingerprint density at radius 1 is 0.552 bits per heavy atom. The molecule has 0 aromatic heterocycles. The number of hydrogen-bond acceptors (Lipinski definition) is 3. The van der Waals surface area contributed by atoms with Crippen LogP contribution in [0.25, 0.3) is 0 Å². The van der Waals surface area contributed by atoms with Crippen molar-refractivity contribution in [2.75, 3.05) is 0 Å². The lowest BCUT2D eigenvalue weighted by Gasteiger charge is -2.22. The second kappa shape index (κ2) is 5.97. The molecule has 0 heterocycles. The van der Waals surface area contributed by atoms with E-state index < -0.39 is 0 Å². The molecule has 0 saturated heterocycles. The highest BCUT2D eigenvalue weighted by atomic mass is 32.2. The number of benzene rings is 2. The third-order valence-electron chi connectivity index (χ3n) is 7.10. The van der Waals surface area contributed by atoms with Crippen LogP contribution in [0.3, 0.4) is 0 Å². The zero-order valence-electron chi connectivity index (χ0n) is 19.0. The maximum Gasteiger partial charge on any atom is 0.129 e. The van der Waals surface area contributed by atoms with E-state index in [2.05, 4.69) is 67.5 Å². The highest BCUT2D eigenvalue weighted by molar-refractivity contribution is 7.99. The van der Waals surface area contributed by atoms with Gasteiger partial charge in [0, 0.05) is 0 Å². The number of phenolic OH excluding ortho intramolecular Hbond substituents is 2. The molecule has 3 heteroatoms. The number of aromatic hydroxyl groups is 2. The lowest BCUT2D eigenvalue weighted by Crippen LogP contribution is -2.17. The van der Waals surface area contributed by atoms with Crippen molar-refractivity contribution in [3.63, 3.8) is 0 Å². The monoisotopic (exact) mass is 410 g/mol. The molecule has 0 aliphatic heterocycles. The molecule has 2 aromatic rings. The van der Waals surface area contributed by atoms with Crippen molar-refractivity contribution in [3.8, 4) is 11.5 Å². The van der Waals surface area contributed by atoms with Gasteiger partial charge in [0.15, 0.2) is 0 Å². The molecule has 29 heavy (non-hydrogen) atoms. The second-order valence-corrected chi connectivity index (χ2v) is 12.8. The van der Waals surface area contributed by atoms with Crippen molar-refractivity contribution in [1.82, 2.24) is 0 Å². The summed E-state index contributed by atoms with van der Waals surface area (Å²) in [7, 11) is 0. The van der Waals surface area contributed by atoms with Gasteiger partial charge in [0.1, 0.15) is 11.5 Å². The Labute approximate surface area is 179 Å². The van der Waals surface area contributed by atoms with Gasteiger partial charge in [-0.25, -0.2) is 0 Å². The fourth-order valence-corrected chi connectivity index (χ4v) is 7.17. The minimum Gasteiger partial charge on any atom is -0.507 e. The van der Waals surface area contributed by atoms with E-state index in [4.69, 9.17) is 0 Å². The van der Waals surface area contributed by atoms with Crippen molar-refractivity contribution in [2.24, 2.45) is 0 Å². The molecule has 0 unspecified atom stereocenters. The van der Waals surface area contributed by atoms with Crippen LogP contribution in [0.5, 0.6) is 11.5 Å². The van der Waals surface area contributed by atoms with Gasteiger partial charge in [-0.2, -0.15) is 0 Å². The van der Waals surface area contributed by atoms with E-state index >= 15 is 0 Å². The summed E-state index contributed by atoms with van der Waals surface area (Å²) in [6.45, 7) is 18.1. The standard InChI is InChI=1S/C26H34O2S/c1-23(2)13-25(5,6)17-11-21(19(27)9-15(17)23)29-22-12-18-16(10-20(22)28)24(3,4)14-26(18,7)8/h9-12,27-28H,13-14H2,1-8H3. The van der Waals surface area contributed by atoms with E-state index in [1.165, 1.54) is 34.0 Å². The van der Waals surface area contributed by atoms with Gasteiger partial charge in [-0.3, -0.25) is 0 Å². The van der Waals surface area contributed by atoms with Crippen LogP contribution in [-0.4, -0.2) is 10.2 Å². The average molecular weight is 411 g/mol. The van der Waals surface area contributed by atoms with E-state index in [-0.39, 0.29) is 21.7 Å². The number of rotatable bonds is 2. The van der Waals surface area contributed by atoms with E-state index in [0.29, 0.717) is 11.5 Å².